The van der Waals surface area contributed by atoms with Gasteiger partial charge < -0.3 is 10.1 Å². The highest BCUT2D eigenvalue weighted by molar-refractivity contribution is 7.90. The number of hydrogen-bond acceptors (Lipinski definition) is 9. The van der Waals surface area contributed by atoms with Crippen LogP contribution < -0.4 is 5.32 Å². The van der Waals surface area contributed by atoms with Crippen LogP contribution in [0.5, 0.6) is 0 Å². The van der Waals surface area contributed by atoms with E-state index in [0.717, 1.165) is 22.0 Å². The van der Waals surface area contributed by atoms with Gasteiger partial charge in [0.2, 0.25) is 0 Å². The molecule has 1 unspecified atom stereocenters. The number of nitrogens with zero attached hydrogens (tertiary/aromatic N) is 5. The maximum atomic E-state index is 11.1. The molecule has 11 heteroatoms. The molecule has 0 fully saturated rings. The lowest BCUT2D eigenvalue weighted by Crippen LogP contribution is -2.30. The Bertz CT molecular complexity index is 796. The monoisotopic (exact) mass is 402 g/mol. The fraction of sp³-hybridized carbons (Fsp3) is 0.733. The van der Waals surface area contributed by atoms with Crippen LogP contribution in [0.4, 0.5) is 0 Å². The summed E-state index contributed by atoms with van der Waals surface area (Å²) in [6, 6.07) is -0.0767. The molecule has 0 aliphatic rings. The first-order chi connectivity index (χ1) is 12.2. The first-order valence-electron chi connectivity index (χ1n) is 8.40. The fourth-order valence-corrected chi connectivity index (χ4v) is 3.73. The van der Waals surface area contributed by atoms with E-state index in [1.165, 1.54) is 17.8 Å². The van der Waals surface area contributed by atoms with Crippen molar-refractivity contribution in [1.29, 1.82) is 0 Å². The van der Waals surface area contributed by atoms with Crippen molar-refractivity contribution in [2.24, 2.45) is 0 Å². The van der Waals surface area contributed by atoms with Gasteiger partial charge in [-0.15, -0.1) is 5.10 Å². The van der Waals surface area contributed by atoms with Crippen LogP contribution in [0.15, 0.2) is 0 Å². The Morgan fingerprint density at radius 2 is 2.00 bits per heavy atom. The molecule has 0 saturated heterocycles. The van der Waals surface area contributed by atoms with E-state index in [1.807, 2.05) is 27.7 Å². The largest absolute Gasteiger partial charge is 0.379 e. The maximum absolute atomic E-state index is 11.1. The number of aromatic nitrogens is 5. The summed E-state index contributed by atoms with van der Waals surface area (Å²) in [4.78, 5) is 1.11. The second-order valence-corrected chi connectivity index (χ2v) is 9.68. The normalized spacial score (nSPS) is 13.5. The van der Waals surface area contributed by atoms with Gasteiger partial charge in [0.1, 0.15) is 9.84 Å². The Morgan fingerprint density at radius 3 is 2.58 bits per heavy atom. The summed E-state index contributed by atoms with van der Waals surface area (Å²) >= 11 is 1.46. The second kappa shape index (κ2) is 8.98. The Morgan fingerprint density at radius 1 is 1.27 bits per heavy atom. The molecule has 0 aliphatic carbocycles. The van der Waals surface area contributed by atoms with Crippen molar-refractivity contribution in [3.8, 4) is 0 Å². The summed E-state index contributed by atoms with van der Waals surface area (Å²) in [7, 11) is -3.01. The number of tetrazole rings is 1. The number of nitrogens with one attached hydrogen (secondary N) is 1. The van der Waals surface area contributed by atoms with Crippen molar-refractivity contribution in [3.63, 3.8) is 0 Å². The summed E-state index contributed by atoms with van der Waals surface area (Å²) in [5.74, 6) is 0.747. The van der Waals surface area contributed by atoms with Gasteiger partial charge in [-0.1, -0.05) is 0 Å². The van der Waals surface area contributed by atoms with Crippen molar-refractivity contribution in [3.05, 3.63) is 22.0 Å². The minimum atomic E-state index is -3.01. The molecule has 0 aliphatic heterocycles. The molecule has 0 bridgehead atoms. The second-order valence-electron chi connectivity index (χ2n) is 6.44. The van der Waals surface area contributed by atoms with Gasteiger partial charge in [0.05, 0.1) is 36.7 Å². The van der Waals surface area contributed by atoms with Crippen LogP contribution in [-0.4, -0.2) is 64.8 Å². The molecule has 1 atom stereocenters. The van der Waals surface area contributed by atoms with E-state index in [2.05, 4.69) is 25.2 Å². The lowest BCUT2D eigenvalue weighted by molar-refractivity contribution is 0.149. The average Bonchev–Trinajstić information content (AvgIpc) is 3.14. The van der Waals surface area contributed by atoms with Crippen molar-refractivity contribution >= 4 is 21.4 Å². The molecule has 2 aromatic rings. The lowest BCUT2D eigenvalue weighted by Gasteiger charge is -2.20. The van der Waals surface area contributed by atoms with E-state index in [1.54, 1.807) is 4.68 Å². The van der Waals surface area contributed by atoms with Crippen molar-refractivity contribution in [2.45, 2.75) is 39.8 Å². The maximum Gasteiger partial charge on any atom is 0.173 e. The minimum absolute atomic E-state index is 0.0225. The van der Waals surface area contributed by atoms with Gasteiger partial charge >= 0.3 is 0 Å². The molecule has 2 rings (SSSR count). The Labute approximate surface area is 158 Å². The van der Waals surface area contributed by atoms with Gasteiger partial charge in [0, 0.05) is 23.2 Å². The molecule has 0 spiro atoms. The van der Waals surface area contributed by atoms with Crippen LogP contribution in [0, 0.1) is 13.8 Å². The van der Waals surface area contributed by atoms with Crippen molar-refractivity contribution in [1.82, 2.24) is 29.9 Å². The van der Waals surface area contributed by atoms with E-state index in [-0.39, 0.29) is 24.4 Å². The van der Waals surface area contributed by atoms with Gasteiger partial charge in [-0.3, -0.25) is 0 Å². The van der Waals surface area contributed by atoms with E-state index < -0.39 is 9.84 Å². The van der Waals surface area contributed by atoms with Crippen LogP contribution in [0.25, 0.3) is 0 Å². The SMILES string of the molecule is Cc1nsc(C)c1C(NCCOCCS(C)(=O)=O)c1nnnn1C(C)C. The summed E-state index contributed by atoms with van der Waals surface area (Å²) < 4.78 is 33.9. The van der Waals surface area contributed by atoms with Crippen LogP contribution in [0.1, 0.15) is 47.9 Å². The first-order valence-corrected chi connectivity index (χ1v) is 11.2. The van der Waals surface area contributed by atoms with E-state index in [9.17, 15) is 8.42 Å². The average molecular weight is 403 g/mol. The zero-order valence-electron chi connectivity index (χ0n) is 15.8. The number of hydrogen-bond donors (Lipinski definition) is 1. The van der Waals surface area contributed by atoms with Crippen LogP contribution >= 0.6 is 11.5 Å². The molecule has 0 saturated carbocycles. The van der Waals surface area contributed by atoms with E-state index in [0.29, 0.717) is 13.2 Å². The first kappa shape index (κ1) is 20.9. The van der Waals surface area contributed by atoms with Crippen molar-refractivity contribution in [2.75, 3.05) is 31.8 Å². The van der Waals surface area contributed by atoms with E-state index >= 15 is 0 Å². The van der Waals surface area contributed by atoms with Crippen LogP contribution in [0.2, 0.25) is 0 Å². The van der Waals surface area contributed by atoms with E-state index in [4.69, 9.17) is 4.74 Å². The predicted octanol–water partition coefficient (Wildman–Crippen LogP) is 1.07. The quantitative estimate of drug-likeness (QED) is 0.587. The van der Waals surface area contributed by atoms with Gasteiger partial charge in [-0.25, -0.2) is 13.1 Å². The highest BCUT2D eigenvalue weighted by Gasteiger charge is 2.26. The van der Waals surface area contributed by atoms with Gasteiger partial charge in [-0.2, -0.15) is 4.37 Å². The minimum Gasteiger partial charge on any atom is -0.379 e. The third kappa shape index (κ3) is 5.53. The standard InChI is InChI=1S/C15H26N6O3S2/c1-10(2)21-15(17-19-20-21)14(13-11(3)18-25-12(13)4)16-6-7-24-8-9-26(5,22)23/h10,14,16H,6-9H2,1-5H3. The zero-order valence-corrected chi connectivity index (χ0v) is 17.4. The van der Waals surface area contributed by atoms with Gasteiger partial charge in [-0.05, 0) is 49.7 Å². The highest BCUT2D eigenvalue weighted by Crippen LogP contribution is 2.29. The summed E-state index contributed by atoms with van der Waals surface area (Å²) in [5.41, 5.74) is 2.02. The molecular weight excluding hydrogens is 376 g/mol. The summed E-state index contributed by atoms with van der Waals surface area (Å²) in [6.07, 6.45) is 1.20. The smallest absolute Gasteiger partial charge is 0.173 e. The molecule has 2 heterocycles. The molecule has 1 N–H and O–H groups in total. The Hall–Kier alpha value is -1.43. The number of sulfone groups is 1. The predicted molar refractivity (Wildman–Crippen MR) is 100 cm³/mol. The number of ether oxygens (including phenoxy) is 1. The van der Waals surface area contributed by atoms with Crippen LogP contribution in [0.3, 0.4) is 0 Å². The number of rotatable bonds is 10. The molecule has 0 aromatic carbocycles. The number of aryl methyl sites for hydroxylation is 2. The highest BCUT2D eigenvalue weighted by atomic mass is 32.2. The third-order valence-corrected chi connectivity index (χ3v) is 5.60. The molecule has 146 valence electrons. The van der Waals surface area contributed by atoms with Gasteiger partial charge in [0.15, 0.2) is 5.82 Å². The summed E-state index contributed by atoms with van der Waals surface area (Å²) in [5, 5.41) is 15.6. The fourth-order valence-electron chi connectivity index (χ4n) is 2.57. The summed E-state index contributed by atoms with van der Waals surface area (Å²) in [6.45, 7) is 9.17. The van der Waals surface area contributed by atoms with Crippen molar-refractivity contribution < 1.29 is 13.2 Å². The topological polar surface area (TPSA) is 112 Å². The zero-order chi connectivity index (χ0) is 19.3. The molecule has 9 nitrogen and oxygen atoms in total. The molecule has 0 amide bonds. The molecular formula is C15H26N6O3S2. The Balaban J connectivity index is 2.09. The Kier molecular flexibility index (Phi) is 7.21. The van der Waals surface area contributed by atoms with Gasteiger partial charge in [0.25, 0.3) is 0 Å². The molecule has 2 aromatic heterocycles. The third-order valence-electron chi connectivity index (χ3n) is 3.84. The molecule has 26 heavy (non-hydrogen) atoms. The van der Waals surface area contributed by atoms with Crippen LogP contribution in [-0.2, 0) is 14.6 Å². The molecule has 0 radical (unpaired) electrons. The lowest BCUT2D eigenvalue weighted by atomic mass is 10.0.